The summed E-state index contributed by atoms with van der Waals surface area (Å²) in [5.41, 5.74) is 3.61. The van der Waals surface area contributed by atoms with Crippen molar-refractivity contribution in [1.82, 2.24) is 0 Å². The third-order valence-electron chi connectivity index (χ3n) is 4.05. The first-order valence-corrected chi connectivity index (χ1v) is 10.1. The Kier molecular flexibility index (Phi) is 10.3. The molecule has 179 valence electrons. The second kappa shape index (κ2) is 12.0. The van der Waals surface area contributed by atoms with Gasteiger partial charge in [0.05, 0.1) is 26.9 Å². The number of aromatic hydroxyl groups is 1. The summed E-state index contributed by atoms with van der Waals surface area (Å²) in [6.07, 6.45) is 0. The molecule has 14 nitrogen and oxygen atoms in total. The molecule has 17 heteroatoms. The predicted octanol–water partition coefficient (Wildman–Crippen LogP) is -0.234. The summed E-state index contributed by atoms with van der Waals surface area (Å²) < 4.78 is 33.3. The van der Waals surface area contributed by atoms with Crippen molar-refractivity contribution in [2.45, 2.75) is 4.90 Å². The minimum Gasteiger partial charge on any atom is -0.871 e. The molecule has 1 radical (unpaired) electrons. The van der Waals surface area contributed by atoms with Gasteiger partial charge >= 0.3 is 46.6 Å². The number of nitrogen functional groups attached to an aromatic ring is 1. The summed E-state index contributed by atoms with van der Waals surface area (Å²) in [5.74, 6) is -2.27. The predicted molar refractivity (Wildman–Crippen MR) is 107 cm³/mol. The van der Waals surface area contributed by atoms with Gasteiger partial charge in [-0.3, -0.25) is 10.1 Å². The molecule has 0 aliphatic rings. The quantitative estimate of drug-likeness (QED) is 0.101. The van der Waals surface area contributed by atoms with Gasteiger partial charge in [-0.15, -0.1) is 5.11 Å². The zero-order valence-electron chi connectivity index (χ0n) is 17.4. The monoisotopic (exact) mass is 557 g/mol. The van der Waals surface area contributed by atoms with E-state index in [-0.39, 0.29) is 69.4 Å². The molecule has 0 aliphatic carbocycles. The van der Waals surface area contributed by atoms with Gasteiger partial charge in [0.15, 0.2) is 0 Å². The van der Waals surface area contributed by atoms with E-state index in [0.717, 1.165) is 36.4 Å². The molecule has 0 saturated carbocycles. The van der Waals surface area contributed by atoms with Gasteiger partial charge in [-0.05, 0) is 42.1 Å². The van der Waals surface area contributed by atoms with Gasteiger partial charge in [0.1, 0.15) is 27.2 Å². The Bertz CT molecular complexity index is 1430. The van der Waals surface area contributed by atoms with Crippen LogP contribution in [0.15, 0.2) is 73.9 Å². The number of nitrogens with two attached hydrogens (primary N) is 1. The molecular weight excluding hydrogens is 547 g/mol. The van der Waals surface area contributed by atoms with Crippen molar-refractivity contribution in [2.24, 2.45) is 20.5 Å². The normalized spacial score (nSPS) is 11.2. The molecule has 0 heterocycles. The largest absolute Gasteiger partial charge is 2.00 e. The van der Waals surface area contributed by atoms with Crippen LogP contribution in [0.25, 0.3) is 0 Å². The summed E-state index contributed by atoms with van der Waals surface area (Å²) in [5, 5.41) is 59.5. The Morgan fingerprint density at radius 2 is 1.57 bits per heavy atom. The Morgan fingerprint density at radius 3 is 2.17 bits per heavy atom. The van der Waals surface area contributed by atoms with Crippen LogP contribution in [-0.4, -0.2) is 23.0 Å². The van der Waals surface area contributed by atoms with Gasteiger partial charge in [0.25, 0.3) is 5.69 Å². The molecule has 0 aromatic heterocycles. The maximum absolute atomic E-state index is 12.5. The van der Waals surface area contributed by atoms with Crippen LogP contribution in [0, 0.1) is 10.1 Å². The molecule has 0 amide bonds. The number of azo groups is 2. The minimum atomic E-state index is -4.85. The SMILES string of the molecule is Nc1cc(N=Nc2c(O)ccc(N=Nc3cc(S(=O)(=O)[O-])ccc3[O-])c2[O-])ccc1[N+](=O)[O-].[Cu+2].[Na+]. The Morgan fingerprint density at radius 1 is 0.914 bits per heavy atom. The van der Waals surface area contributed by atoms with Crippen molar-refractivity contribution < 1.29 is 79.8 Å². The number of rotatable bonds is 6. The summed E-state index contributed by atoms with van der Waals surface area (Å²) in [6.45, 7) is 0. The van der Waals surface area contributed by atoms with E-state index in [0.29, 0.717) is 6.07 Å². The first-order chi connectivity index (χ1) is 15.5. The van der Waals surface area contributed by atoms with Crippen molar-refractivity contribution in [3.05, 3.63) is 58.6 Å². The van der Waals surface area contributed by atoms with E-state index in [4.69, 9.17) is 5.73 Å². The van der Waals surface area contributed by atoms with E-state index in [1.54, 1.807) is 0 Å². The molecule has 0 spiro atoms. The Hall–Kier alpha value is -3.11. The van der Waals surface area contributed by atoms with E-state index in [2.05, 4.69) is 20.5 Å². The van der Waals surface area contributed by atoms with Crippen molar-refractivity contribution >= 4 is 44.2 Å². The standard InChI is InChI=1S/C18H14N6O8S.Cu.Na/c19-11-7-9(1-4-14(11)24(28)29)20-23-17-16(26)6-3-12(18(17)27)21-22-13-8-10(33(30,31)32)2-5-15(13)25;;/h1-8,25-27H,19H2,(H,30,31,32);;/q;+2;+1/p-3. The molecule has 3 N–H and O–H groups in total. The van der Waals surface area contributed by atoms with Crippen molar-refractivity contribution in [2.75, 3.05) is 5.73 Å². The number of nitro groups is 1. The van der Waals surface area contributed by atoms with Crippen LogP contribution < -0.4 is 45.5 Å². The van der Waals surface area contributed by atoms with Crippen molar-refractivity contribution in [1.29, 1.82) is 0 Å². The number of nitrogens with zero attached hydrogens (tertiary/aromatic N) is 5. The van der Waals surface area contributed by atoms with E-state index in [9.17, 15) is 38.4 Å². The van der Waals surface area contributed by atoms with Crippen LogP contribution in [0.1, 0.15) is 0 Å². The second-order valence-corrected chi connectivity index (χ2v) is 7.65. The number of phenolic OH excluding ortho intramolecular Hbond substituents is 1. The van der Waals surface area contributed by atoms with Gasteiger partial charge in [-0.1, -0.05) is 11.8 Å². The number of nitro benzene ring substituents is 1. The fraction of sp³-hybridized carbons (Fsp3) is 0. The number of anilines is 1. The van der Waals surface area contributed by atoms with Crippen LogP contribution in [0.3, 0.4) is 0 Å². The smallest absolute Gasteiger partial charge is 0.871 e. The molecule has 35 heavy (non-hydrogen) atoms. The molecule has 0 unspecified atom stereocenters. The molecule has 3 aromatic carbocycles. The number of phenols is 1. The maximum Gasteiger partial charge on any atom is 2.00 e. The van der Waals surface area contributed by atoms with E-state index in [1.165, 1.54) is 6.07 Å². The van der Waals surface area contributed by atoms with Crippen LogP contribution in [0.5, 0.6) is 17.2 Å². The molecule has 0 fully saturated rings. The fourth-order valence-electron chi connectivity index (χ4n) is 2.44. The Labute approximate surface area is 229 Å². The maximum atomic E-state index is 12.5. The summed E-state index contributed by atoms with van der Waals surface area (Å²) in [7, 11) is -4.85. The van der Waals surface area contributed by atoms with E-state index < -0.39 is 48.6 Å². The molecular formula is C18H11CuN6NaO8S. The van der Waals surface area contributed by atoms with Crippen LogP contribution in [0.2, 0.25) is 0 Å². The molecule has 0 aliphatic heterocycles. The molecule has 3 aromatic rings. The number of benzene rings is 3. The fourth-order valence-corrected chi connectivity index (χ4v) is 2.93. The van der Waals surface area contributed by atoms with Crippen LogP contribution in [0.4, 0.5) is 34.1 Å². The van der Waals surface area contributed by atoms with Gasteiger partial charge in [0.2, 0.25) is 0 Å². The minimum absolute atomic E-state index is 0. The Balaban J connectivity index is 0.00000306. The molecule has 0 saturated heterocycles. The molecule has 3 rings (SSSR count). The van der Waals surface area contributed by atoms with Gasteiger partial charge < -0.3 is 25.6 Å². The number of hydrogen-bond acceptors (Lipinski definition) is 13. The number of hydrogen-bond donors (Lipinski definition) is 2. The van der Waals surface area contributed by atoms with Gasteiger partial charge in [-0.25, -0.2) is 8.42 Å². The topological polar surface area (TPSA) is 242 Å². The van der Waals surface area contributed by atoms with E-state index >= 15 is 0 Å². The summed E-state index contributed by atoms with van der Waals surface area (Å²) in [6, 6.07) is 7.88. The van der Waals surface area contributed by atoms with Crippen LogP contribution in [-0.2, 0) is 27.2 Å². The second-order valence-electron chi connectivity index (χ2n) is 6.27. The molecule has 0 atom stereocenters. The zero-order chi connectivity index (χ0) is 24.3. The molecule has 0 bridgehead atoms. The first kappa shape index (κ1) is 29.9. The average Bonchev–Trinajstić information content (AvgIpc) is 2.73. The third-order valence-corrected chi connectivity index (χ3v) is 4.88. The van der Waals surface area contributed by atoms with Gasteiger partial charge in [0, 0.05) is 6.07 Å². The summed E-state index contributed by atoms with van der Waals surface area (Å²) >= 11 is 0. The van der Waals surface area contributed by atoms with Crippen molar-refractivity contribution in [3.8, 4) is 17.2 Å². The summed E-state index contributed by atoms with van der Waals surface area (Å²) in [4.78, 5) is 9.40. The van der Waals surface area contributed by atoms with Crippen molar-refractivity contribution in [3.63, 3.8) is 0 Å². The first-order valence-electron chi connectivity index (χ1n) is 8.64. The van der Waals surface area contributed by atoms with Crippen LogP contribution >= 0.6 is 0 Å². The third kappa shape index (κ3) is 7.19. The van der Waals surface area contributed by atoms with Gasteiger partial charge in [-0.2, -0.15) is 15.3 Å². The average molecular weight is 558 g/mol. The zero-order valence-corrected chi connectivity index (χ0v) is 21.2. The van der Waals surface area contributed by atoms with E-state index in [1.807, 2.05) is 0 Å².